The fourth-order valence-corrected chi connectivity index (χ4v) is 3.38. The van der Waals surface area contributed by atoms with Gasteiger partial charge in [0.1, 0.15) is 10.7 Å². The molecule has 0 saturated heterocycles. The van der Waals surface area contributed by atoms with E-state index in [0.29, 0.717) is 5.02 Å². The fourth-order valence-electron chi connectivity index (χ4n) is 1.81. The standard InChI is InChI=1S/C14H12Cl2FNO2S/c1-9(10-2-4-11(15)5-3-10)18-21(19,20)14-7-6-12(16)8-13(14)17/h2-9,18H,1H3. The van der Waals surface area contributed by atoms with Gasteiger partial charge >= 0.3 is 0 Å². The van der Waals surface area contributed by atoms with Crippen LogP contribution in [0.3, 0.4) is 0 Å². The number of hydrogen-bond acceptors (Lipinski definition) is 2. The third kappa shape index (κ3) is 3.95. The summed E-state index contributed by atoms with van der Waals surface area (Å²) in [5.41, 5.74) is 0.720. The maximum Gasteiger partial charge on any atom is 0.244 e. The van der Waals surface area contributed by atoms with Crippen LogP contribution in [0, 0.1) is 5.82 Å². The van der Waals surface area contributed by atoms with Crippen molar-refractivity contribution in [3.63, 3.8) is 0 Å². The molecule has 2 rings (SSSR count). The predicted octanol–water partition coefficient (Wildman–Crippen LogP) is 4.17. The summed E-state index contributed by atoms with van der Waals surface area (Å²) in [6.07, 6.45) is 0. The van der Waals surface area contributed by atoms with Crippen molar-refractivity contribution in [2.24, 2.45) is 0 Å². The van der Waals surface area contributed by atoms with Gasteiger partial charge in [0.25, 0.3) is 0 Å². The number of benzene rings is 2. The van der Waals surface area contributed by atoms with Gasteiger partial charge in [-0.2, -0.15) is 0 Å². The van der Waals surface area contributed by atoms with E-state index < -0.39 is 26.8 Å². The fraction of sp³-hybridized carbons (Fsp3) is 0.143. The second-order valence-electron chi connectivity index (χ2n) is 4.47. The lowest BCUT2D eigenvalue weighted by molar-refractivity contribution is 0.547. The minimum atomic E-state index is -3.98. The van der Waals surface area contributed by atoms with Gasteiger partial charge in [-0.25, -0.2) is 17.5 Å². The van der Waals surface area contributed by atoms with E-state index in [-0.39, 0.29) is 5.02 Å². The Bertz CT molecular complexity index is 748. The molecule has 112 valence electrons. The summed E-state index contributed by atoms with van der Waals surface area (Å²) in [4.78, 5) is -0.437. The summed E-state index contributed by atoms with van der Waals surface area (Å²) in [6.45, 7) is 1.66. The first-order valence-electron chi connectivity index (χ1n) is 6.02. The quantitative estimate of drug-likeness (QED) is 0.901. The van der Waals surface area contributed by atoms with Gasteiger partial charge in [0.05, 0.1) is 0 Å². The topological polar surface area (TPSA) is 46.2 Å². The van der Waals surface area contributed by atoms with E-state index in [1.54, 1.807) is 31.2 Å². The maximum absolute atomic E-state index is 13.7. The molecule has 0 radical (unpaired) electrons. The molecule has 1 unspecified atom stereocenters. The van der Waals surface area contributed by atoms with Crippen molar-refractivity contribution in [2.45, 2.75) is 17.9 Å². The lowest BCUT2D eigenvalue weighted by Crippen LogP contribution is -2.27. The van der Waals surface area contributed by atoms with E-state index in [0.717, 1.165) is 17.7 Å². The maximum atomic E-state index is 13.7. The summed E-state index contributed by atoms with van der Waals surface area (Å²) in [5, 5.41) is 0.690. The Balaban J connectivity index is 2.26. The van der Waals surface area contributed by atoms with Gasteiger partial charge < -0.3 is 0 Å². The Kier molecular flexibility index (Phi) is 4.88. The first-order valence-corrected chi connectivity index (χ1v) is 8.26. The van der Waals surface area contributed by atoms with Gasteiger partial charge in [0.2, 0.25) is 10.0 Å². The van der Waals surface area contributed by atoms with Gasteiger partial charge in [-0.1, -0.05) is 35.3 Å². The molecule has 3 nitrogen and oxygen atoms in total. The van der Waals surface area contributed by atoms with Crippen molar-refractivity contribution >= 4 is 33.2 Å². The molecule has 0 aliphatic rings. The average Bonchev–Trinajstić information content (AvgIpc) is 2.38. The molecule has 0 aliphatic carbocycles. The van der Waals surface area contributed by atoms with Gasteiger partial charge in [-0.15, -0.1) is 0 Å². The van der Waals surface area contributed by atoms with E-state index in [1.165, 1.54) is 6.07 Å². The summed E-state index contributed by atoms with van der Waals surface area (Å²) < 4.78 is 40.5. The van der Waals surface area contributed by atoms with E-state index >= 15 is 0 Å². The lowest BCUT2D eigenvalue weighted by atomic mass is 10.1. The molecule has 0 saturated carbocycles. The highest BCUT2D eigenvalue weighted by Crippen LogP contribution is 2.22. The zero-order valence-electron chi connectivity index (χ0n) is 11.0. The second kappa shape index (κ2) is 6.32. The van der Waals surface area contributed by atoms with Crippen molar-refractivity contribution < 1.29 is 12.8 Å². The van der Waals surface area contributed by atoms with Gasteiger partial charge in [0.15, 0.2) is 0 Å². The third-order valence-electron chi connectivity index (χ3n) is 2.89. The molecule has 0 amide bonds. The lowest BCUT2D eigenvalue weighted by Gasteiger charge is -2.15. The SMILES string of the molecule is CC(NS(=O)(=O)c1ccc(Cl)cc1F)c1ccc(Cl)cc1. The molecular weight excluding hydrogens is 336 g/mol. The van der Waals surface area contributed by atoms with E-state index in [2.05, 4.69) is 4.72 Å². The Labute approximate surface area is 132 Å². The van der Waals surface area contributed by atoms with Crippen LogP contribution in [0.2, 0.25) is 10.0 Å². The predicted molar refractivity (Wildman–Crippen MR) is 81.6 cm³/mol. The van der Waals surface area contributed by atoms with Crippen LogP contribution in [0.4, 0.5) is 4.39 Å². The summed E-state index contributed by atoms with van der Waals surface area (Å²) in [6, 6.07) is 9.61. The van der Waals surface area contributed by atoms with Crippen LogP contribution in [0.15, 0.2) is 47.4 Å². The largest absolute Gasteiger partial charge is 0.244 e. The molecule has 0 heterocycles. The molecule has 0 fully saturated rings. The number of nitrogens with one attached hydrogen (secondary N) is 1. The van der Waals surface area contributed by atoms with Crippen molar-refractivity contribution in [3.05, 3.63) is 63.9 Å². The molecule has 1 N–H and O–H groups in total. The molecule has 2 aromatic carbocycles. The highest BCUT2D eigenvalue weighted by atomic mass is 35.5. The Morgan fingerprint density at radius 3 is 2.19 bits per heavy atom. The average molecular weight is 348 g/mol. The first-order chi connectivity index (χ1) is 9.79. The van der Waals surface area contributed by atoms with E-state index in [9.17, 15) is 12.8 Å². The molecule has 2 aromatic rings. The first kappa shape index (κ1) is 16.2. The zero-order chi connectivity index (χ0) is 15.6. The van der Waals surface area contributed by atoms with Crippen LogP contribution in [0.5, 0.6) is 0 Å². The molecule has 1 atom stereocenters. The normalized spacial score (nSPS) is 13.1. The zero-order valence-corrected chi connectivity index (χ0v) is 13.3. The molecule has 0 bridgehead atoms. The molecule has 0 aromatic heterocycles. The molecule has 0 spiro atoms. The highest BCUT2D eigenvalue weighted by molar-refractivity contribution is 7.89. The number of hydrogen-bond donors (Lipinski definition) is 1. The highest BCUT2D eigenvalue weighted by Gasteiger charge is 2.22. The van der Waals surface area contributed by atoms with Crippen molar-refractivity contribution in [1.82, 2.24) is 4.72 Å². The van der Waals surface area contributed by atoms with Crippen molar-refractivity contribution in [2.75, 3.05) is 0 Å². The Hall–Kier alpha value is -1.14. The molecule has 0 aliphatic heterocycles. The van der Waals surface area contributed by atoms with Crippen molar-refractivity contribution in [3.8, 4) is 0 Å². The second-order valence-corrected chi connectivity index (χ2v) is 7.02. The number of rotatable bonds is 4. The Morgan fingerprint density at radius 1 is 1.05 bits per heavy atom. The van der Waals surface area contributed by atoms with Crippen LogP contribution in [0.1, 0.15) is 18.5 Å². The van der Waals surface area contributed by atoms with Crippen molar-refractivity contribution in [1.29, 1.82) is 0 Å². The van der Waals surface area contributed by atoms with Crippen LogP contribution in [0.25, 0.3) is 0 Å². The minimum Gasteiger partial charge on any atom is -0.207 e. The summed E-state index contributed by atoms with van der Waals surface area (Å²) >= 11 is 11.4. The van der Waals surface area contributed by atoms with E-state index in [1.807, 2.05) is 0 Å². The minimum absolute atomic E-state index is 0.136. The van der Waals surface area contributed by atoms with Crippen LogP contribution >= 0.6 is 23.2 Å². The van der Waals surface area contributed by atoms with E-state index in [4.69, 9.17) is 23.2 Å². The van der Waals surface area contributed by atoms with Gasteiger partial charge in [-0.3, -0.25) is 0 Å². The van der Waals surface area contributed by atoms with Gasteiger partial charge in [0, 0.05) is 16.1 Å². The Morgan fingerprint density at radius 2 is 1.62 bits per heavy atom. The monoisotopic (exact) mass is 347 g/mol. The molecule has 21 heavy (non-hydrogen) atoms. The van der Waals surface area contributed by atoms with Crippen LogP contribution < -0.4 is 4.72 Å². The smallest absolute Gasteiger partial charge is 0.207 e. The summed E-state index contributed by atoms with van der Waals surface area (Å²) in [5.74, 6) is -0.890. The number of halogens is 3. The third-order valence-corrected chi connectivity index (χ3v) is 4.95. The van der Waals surface area contributed by atoms with Gasteiger partial charge in [-0.05, 0) is 42.8 Å². The van der Waals surface area contributed by atoms with Crippen LogP contribution in [-0.4, -0.2) is 8.42 Å². The summed E-state index contributed by atoms with van der Waals surface area (Å²) in [7, 11) is -3.98. The molecule has 7 heteroatoms. The number of sulfonamides is 1. The molecular formula is C14H12Cl2FNO2S. The van der Waals surface area contributed by atoms with Crippen LogP contribution in [-0.2, 0) is 10.0 Å².